The Hall–Kier alpha value is -1.71. The number of aryl methyl sites for hydroxylation is 1. The molecule has 0 spiro atoms. The second-order valence-corrected chi connectivity index (χ2v) is 10.9. The van der Waals surface area contributed by atoms with Gasteiger partial charge in [0.25, 0.3) is 0 Å². The number of allylic oxidation sites excluding steroid dienone is 3. The van der Waals surface area contributed by atoms with Crippen molar-refractivity contribution in [2.45, 2.75) is 90.6 Å². The Morgan fingerprint density at radius 2 is 1.39 bits per heavy atom. The molecule has 0 N–H and O–H groups in total. The molecule has 3 aliphatic rings. The van der Waals surface area contributed by atoms with E-state index in [1.165, 1.54) is 37.8 Å². The number of hydrogen-bond donors (Lipinski definition) is 0. The molecular weight excluding hydrogens is 421 g/mol. The first kappa shape index (κ1) is 24.4. The van der Waals surface area contributed by atoms with Crippen LogP contribution < -0.4 is 4.74 Å². The van der Waals surface area contributed by atoms with Crippen LogP contribution in [0.2, 0.25) is 0 Å². The van der Waals surface area contributed by atoms with Crippen LogP contribution in [-0.4, -0.2) is 6.11 Å². The molecule has 1 atom stereocenters. The van der Waals surface area contributed by atoms with Gasteiger partial charge in [-0.3, -0.25) is 0 Å². The van der Waals surface area contributed by atoms with Gasteiger partial charge in [0, 0.05) is 6.42 Å². The highest BCUT2D eigenvalue weighted by Crippen LogP contribution is 2.46. The van der Waals surface area contributed by atoms with Crippen molar-refractivity contribution in [1.82, 2.24) is 0 Å². The molecule has 1 nitrogen and oxygen atoms in total. The lowest BCUT2D eigenvalue weighted by Crippen LogP contribution is -2.32. The van der Waals surface area contributed by atoms with E-state index in [1.54, 1.807) is 12.1 Å². The molecule has 0 aliphatic heterocycles. The standard InChI is InChI=1S/C29H39F3O/c1-20-3-7-22(8-4-20)9-10-23-11-13-24(14-12-23)25-15-18-27(28(30)19-25)29(31,32)33-26-16-5-21(2)6-17-26/h5-6,9-10,16-17,20,22-25H,3-4,7-8,11-15,18-19H2,1-2H3/b10-9+. The average Bonchev–Trinajstić information content (AvgIpc) is 2.80. The molecule has 0 aromatic heterocycles. The summed E-state index contributed by atoms with van der Waals surface area (Å²) in [4.78, 5) is 0. The monoisotopic (exact) mass is 460 g/mol. The van der Waals surface area contributed by atoms with Gasteiger partial charge in [0.15, 0.2) is 0 Å². The predicted molar refractivity (Wildman–Crippen MR) is 128 cm³/mol. The van der Waals surface area contributed by atoms with E-state index in [-0.39, 0.29) is 24.5 Å². The van der Waals surface area contributed by atoms with E-state index in [0.29, 0.717) is 18.3 Å². The second kappa shape index (κ2) is 10.7. The molecule has 3 aliphatic carbocycles. The zero-order valence-corrected chi connectivity index (χ0v) is 20.2. The Kier molecular flexibility index (Phi) is 7.91. The van der Waals surface area contributed by atoms with Crippen molar-refractivity contribution in [3.05, 3.63) is 53.4 Å². The second-order valence-electron chi connectivity index (χ2n) is 10.9. The van der Waals surface area contributed by atoms with Gasteiger partial charge in [0.1, 0.15) is 11.6 Å². The number of alkyl halides is 2. The maximum absolute atomic E-state index is 14.9. The summed E-state index contributed by atoms with van der Waals surface area (Å²) >= 11 is 0. The van der Waals surface area contributed by atoms with Gasteiger partial charge in [-0.2, -0.15) is 8.78 Å². The molecule has 0 amide bonds. The van der Waals surface area contributed by atoms with Gasteiger partial charge >= 0.3 is 6.11 Å². The lowest BCUT2D eigenvalue weighted by Gasteiger charge is -2.36. The topological polar surface area (TPSA) is 9.23 Å². The molecule has 0 radical (unpaired) electrons. The fraction of sp³-hybridized carbons (Fsp3) is 0.655. The Balaban J connectivity index is 1.27. The fourth-order valence-electron chi connectivity index (χ4n) is 6.04. The molecule has 0 heterocycles. The van der Waals surface area contributed by atoms with Gasteiger partial charge in [0.05, 0.1) is 5.57 Å². The molecule has 1 unspecified atom stereocenters. The molecule has 0 saturated heterocycles. The van der Waals surface area contributed by atoms with Gasteiger partial charge in [-0.05, 0) is 100 Å². The third-order valence-corrected chi connectivity index (χ3v) is 8.35. The van der Waals surface area contributed by atoms with Gasteiger partial charge in [-0.1, -0.05) is 49.6 Å². The zero-order valence-electron chi connectivity index (χ0n) is 20.2. The van der Waals surface area contributed by atoms with Gasteiger partial charge in [-0.15, -0.1) is 0 Å². The Morgan fingerprint density at radius 3 is 1.97 bits per heavy atom. The van der Waals surface area contributed by atoms with Crippen molar-refractivity contribution < 1.29 is 17.9 Å². The highest BCUT2D eigenvalue weighted by molar-refractivity contribution is 5.28. The predicted octanol–water partition coefficient (Wildman–Crippen LogP) is 9.18. The Labute approximate surface area is 197 Å². The number of rotatable bonds is 6. The minimum absolute atomic E-state index is 0.0714. The molecule has 0 bridgehead atoms. The maximum Gasteiger partial charge on any atom is 0.425 e. The highest BCUT2D eigenvalue weighted by atomic mass is 19.3. The Bertz CT molecular complexity index is 825. The molecule has 2 saturated carbocycles. The van der Waals surface area contributed by atoms with Crippen molar-refractivity contribution in [2.75, 3.05) is 0 Å². The van der Waals surface area contributed by atoms with Crippen molar-refractivity contribution in [3.8, 4) is 5.75 Å². The van der Waals surface area contributed by atoms with Crippen LogP contribution in [0.5, 0.6) is 5.75 Å². The lowest BCUT2D eigenvalue weighted by atomic mass is 9.71. The summed E-state index contributed by atoms with van der Waals surface area (Å²) in [6, 6.07) is 6.45. The normalized spacial score (nSPS) is 31.7. The molecule has 4 heteroatoms. The molecule has 33 heavy (non-hydrogen) atoms. The number of benzene rings is 1. The van der Waals surface area contributed by atoms with Gasteiger partial charge in [-0.25, -0.2) is 4.39 Å². The maximum atomic E-state index is 14.9. The van der Waals surface area contributed by atoms with Crippen LogP contribution in [0.3, 0.4) is 0 Å². The smallest absolute Gasteiger partial charge is 0.425 e. The third kappa shape index (κ3) is 6.45. The van der Waals surface area contributed by atoms with E-state index in [0.717, 1.165) is 43.1 Å². The quantitative estimate of drug-likeness (QED) is 0.385. The van der Waals surface area contributed by atoms with Crippen molar-refractivity contribution in [2.24, 2.45) is 29.6 Å². The van der Waals surface area contributed by atoms with Crippen LogP contribution in [0.4, 0.5) is 13.2 Å². The fourth-order valence-corrected chi connectivity index (χ4v) is 6.04. The summed E-state index contributed by atoms with van der Waals surface area (Å²) < 4.78 is 49.2. The van der Waals surface area contributed by atoms with Crippen LogP contribution >= 0.6 is 0 Å². The van der Waals surface area contributed by atoms with Crippen LogP contribution in [0.25, 0.3) is 0 Å². The number of hydrogen-bond acceptors (Lipinski definition) is 1. The minimum Gasteiger partial charge on any atom is -0.429 e. The highest BCUT2D eigenvalue weighted by Gasteiger charge is 2.43. The van der Waals surface area contributed by atoms with E-state index in [4.69, 9.17) is 4.74 Å². The largest absolute Gasteiger partial charge is 0.429 e. The van der Waals surface area contributed by atoms with Gasteiger partial charge in [0.2, 0.25) is 0 Å². The van der Waals surface area contributed by atoms with Gasteiger partial charge < -0.3 is 4.74 Å². The van der Waals surface area contributed by atoms with Crippen molar-refractivity contribution in [1.29, 1.82) is 0 Å². The zero-order chi connectivity index (χ0) is 23.4. The van der Waals surface area contributed by atoms with Crippen molar-refractivity contribution in [3.63, 3.8) is 0 Å². The third-order valence-electron chi connectivity index (χ3n) is 8.35. The molecule has 182 valence electrons. The Morgan fingerprint density at radius 1 is 0.818 bits per heavy atom. The first-order chi connectivity index (χ1) is 15.8. The number of ether oxygens (including phenoxy) is 1. The summed E-state index contributed by atoms with van der Waals surface area (Å²) in [7, 11) is 0. The number of halogens is 3. The molecule has 1 aromatic rings. The minimum atomic E-state index is -3.59. The lowest BCUT2D eigenvalue weighted by molar-refractivity contribution is -0.147. The summed E-state index contributed by atoms with van der Waals surface area (Å²) in [5.41, 5.74) is 0.503. The first-order valence-electron chi connectivity index (χ1n) is 13.0. The summed E-state index contributed by atoms with van der Waals surface area (Å²) in [5, 5.41) is 0. The SMILES string of the molecule is Cc1ccc(OC(F)(F)C2=C(F)CC(C3CCC(/C=C/C4CCC(C)CC4)CC3)CC2)cc1. The van der Waals surface area contributed by atoms with E-state index in [9.17, 15) is 13.2 Å². The van der Waals surface area contributed by atoms with E-state index < -0.39 is 17.5 Å². The first-order valence-corrected chi connectivity index (χ1v) is 13.0. The van der Waals surface area contributed by atoms with Crippen LogP contribution in [0.1, 0.15) is 83.1 Å². The molecule has 2 fully saturated rings. The van der Waals surface area contributed by atoms with E-state index in [2.05, 4.69) is 19.1 Å². The van der Waals surface area contributed by atoms with Crippen molar-refractivity contribution >= 4 is 0 Å². The van der Waals surface area contributed by atoms with Crippen LogP contribution in [-0.2, 0) is 0 Å². The summed E-state index contributed by atoms with van der Waals surface area (Å²) in [6.45, 7) is 4.23. The molecular formula is C29H39F3O. The average molecular weight is 461 g/mol. The molecule has 1 aromatic carbocycles. The summed E-state index contributed by atoms with van der Waals surface area (Å²) in [5.74, 6) is 2.30. The van der Waals surface area contributed by atoms with E-state index in [1.807, 2.05) is 6.92 Å². The molecule has 4 rings (SSSR count). The summed E-state index contributed by atoms with van der Waals surface area (Å²) in [6.07, 6.45) is 11.9. The van der Waals surface area contributed by atoms with Crippen LogP contribution in [0, 0.1) is 36.5 Å². The van der Waals surface area contributed by atoms with Crippen LogP contribution in [0.15, 0.2) is 47.8 Å². The van der Waals surface area contributed by atoms with E-state index >= 15 is 0 Å².